The molecule has 172 valence electrons. The van der Waals surface area contributed by atoms with E-state index < -0.39 is 11.9 Å². The maximum atomic E-state index is 11.5. The summed E-state index contributed by atoms with van der Waals surface area (Å²) in [4.78, 5) is 23.0. The molecule has 0 fully saturated rings. The Kier molecular flexibility index (Phi) is 5.74. The fourth-order valence-electron chi connectivity index (χ4n) is 3.29. The first-order chi connectivity index (χ1) is 15.3. The fourth-order valence-corrected chi connectivity index (χ4v) is 3.29. The van der Waals surface area contributed by atoms with Crippen molar-refractivity contribution in [1.82, 2.24) is 19.6 Å². The lowest BCUT2D eigenvalue weighted by Gasteiger charge is -2.26. The second-order valence-corrected chi connectivity index (χ2v) is 8.44. The van der Waals surface area contributed by atoms with Crippen molar-refractivity contribution in [1.29, 1.82) is 5.26 Å². The van der Waals surface area contributed by atoms with Crippen molar-refractivity contribution in [2.75, 3.05) is 23.2 Å². The van der Waals surface area contributed by atoms with Crippen molar-refractivity contribution < 1.29 is 19.8 Å². The highest BCUT2D eigenvalue weighted by atomic mass is 16.4. The van der Waals surface area contributed by atoms with Gasteiger partial charge in [-0.2, -0.15) is 15.5 Å². The van der Waals surface area contributed by atoms with Crippen molar-refractivity contribution in [2.24, 2.45) is 7.05 Å². The molecule has 0 aliphatic rings. The van der Waals surface area contributed by atoms with Crippen molar-refractivity contribution in [3.63, 3.8) is 0 Å². The number of aromatic carboxylic acids is 2. The van der Waals surface area contributed by atoms with Crippen LogP contribution in [-0.2, 0) is 12.5 Å². The van der Waals surface area contributed by atoms with Crippen LogP contribution in [0.1, 0.15) is 52.7 Å². The summed E-state index contributed by atoms with van der Waals surface area (Å²) in [6.45, 7) is 5.96. The van der Waals surface area contributed by atoms with Crippen LogP contribution < -0.4 is 16.2 Å². The molecular formula is C21H24N8O4. The lowest BCUT2D eigenvalue weighted by atomic mass is 9.91. The van der Waals surface area contributed by atoms with Crippen LogP contribution in [-0.4, -0.2) is 48.8 Å². The van der Waals surface area contributed by atoms with Gasteiger partial charge >= 0.3 is 11.9 Å². The molecule has 2 aromatic heterocycles. The number of carboxylic acid groups (broad SMARTS) is 2. The number of carbonyl (C=O) groups is 2. The number of aromatic nitrogens is 4. The van der Waals surface area contributed by atoms with Crippen LogP contribution in [0, 0.1) is 11.3 Å². The molecule has 0 radical (unpaired) electrons. The summed E-state index contributed by atoms with van der Waals surface area (Å²) in [6.07, 6.45) is 1.29. The average Bonchev–Trinajstić information content (AvgIpc) is 3.27. The Bertz CT molecular complexity index is 1260. The number of nitrogens with two attached hydrogens (primary N) is 1. The standard InChI is InChI=1S/C21H24N8O4/c1-21(2,3)16-15(17(23)28(5)25-16)27(4)26-18-13(9-22)10-24-29(18)14-7-11(19(30)31)6-12(8-14)20(32)33/h6-8,10,26H,23H2,1-5H3,(H,30,31)(H,32,33). The number of aryl methyl sites for hydroxylation is 1. The zero-order valence-corrected chi connectivity index (χ0v) is 18.8. The van der Waals surface area contributed by atoms with Gasteiger partial charge in [-0.3, -0.25) is 15.1 Å². The Morgan fingerprint density at radius 2 is 1.76 bits per heavy atom. The van der Waals surface area contributed by atoms with E-state index in [0.717, 1.165) is 6.07 Å². The van der Waals surface area contributed by atoms with Gasteiger partial charge in [0.1, 0.15) is 23.1 Å². The van der Waals surface area contributed by atoms with Gasteiger partial charge in [0, 0.05) is 19.5 Å². The molecule has 2 heterocycles. The molecule has 3 aromatic rings. The van der Waals surface area contributed by atoms with Crippen LogP contribution in [0.25, 0.3) is 5.69 Å². The molecule has 0 bridgehead atoms. The molecule has 3 rings (SSSR count). The second-order valence-electron chi connectivity index (χ2n) is 8.44. The molecule has 0 aliphatic carbocycles. The third-order valence-corrected chi connectivity index (χ3v) is 4.93. The molecule has 0 saturated carbocycles. The predicted octanol–water partition coefficient (Wildman–Crippen LogP) is 2.22. The van der Waals surface area contributed by atoms with Gasteiger partial charge in [0.05, 0.1) is 28.7 Å². The molecular weight excluding hydrogens is 428 g/mol. The Labute approximate surface area is 189 Å². The van der Waals surface area contributed by atoms with Crippen molar-refractivity contribution in [3.8, 4) is 11.8 Å². The number of nitrogens with zero attached hydrogens (tertiary/aromatic N) is 6. The van der Waals surface area contributed by atoms with Gasteiger partial charge in [0.15, 0.2) is 5.82 Å². The first-order valence-corrected chi connectivity index (χ1v) is 9.78. The van der Waals surface area contributed by atoms with Crippen LogP contribution in [0.5, 0.6) is 0 Å². The van der Waals surface area contributed by atoms with Gasteiger partial charge in [-0.1, -0.05) is 20.8 Å². The van der Waals surface area contributed by atoms with Gasteiger partial charge in [0.25, 0.3) is 0 Å². The van der Waals surface area contributed by atoms with Gasteiger partial charge < -0.3 is 15.9 Å². The molecule has 0 unspecified atom stereocenters. The first-order valence-electron chi connectivity index (χ1n) is 9.78. The molecule has 1 aromatic carbocycles. The van der Waals surface area contributed by atoms with E-state index in [0.29, 0.717) is 17.2 Å². The third kappa shape index (κ3) is 4.29. The number of hydrazine groups is 1. The van der Waals surface area contributed by atoms with Crippen LogP contribution in [0.4, 0.5) is 17.3 Å². The van der Waals surface area contributed by atoms with Gasteiger partial charge in [-0.25, -0.2) is 14.3 Å². The summed E-state index contributed by atoms with van der Waals surface area (Å²) in [5.74, 6) is -2.00. The van der Waals surface area contributed by atoms with E-state index in [1.165, 1.54) is 23.0 Å². The average molecular weight is 452 g/mol. The zero-order valence-electron chi connectivity index (χ0n) is 18.8. The Morgan fingerprint density at radius 1 is 1.18 bits per heavy atom. The van der Waals surface area contributed by atoms with Gasteiger partial charge in [0.2, 0.25) is 0 Å². The fraction of sp³-hybridized carbons (Fsp3) is 0.286. The van der Waals surface area contributed by atoms with E-state index in [4.69, 9.17) is 5.73 Å². The van der Waals surface area contributed by atoms with Gasteiger partial charge in [-0.05, 0) is 18.2 Å². The predicted molar refractivity (Wildman–Crippen MR) is 121 cm³/mol. The summed E-state index contributed by atoms with van der Waals surface area (Å²) in [7, 11) is 3.41. The maximum Gasteiger partial charge on any atom is 0.335 e. The summed E-state index contributed by atoms with van der Waals surface area (Å²) in [6, 6.07) is 5.62. The smallest absolute Gasteiger partial charge is 0.335 e. The molecule has 0 atom stereocenters. The highest BCUT2D eigenvalue weighted by Gasteiger charge is 2.28. The van der Waals surface area contributed by atoms with Crippen molar-refractivity contribution >= 4 is 29.3 Å². The van der Waals surface area contributed by atoms with Crippen molar-refractivity contribution in [3.05, 3.63) is 46.8 Å². The van der Waals surface area contributed by atoms with Crippen LogP contribution in [0.15, 0.2) is 24.4 Å². The number of anilines is 3. The van der Waals surface area contributed by atoms with E-state index in [9.17, 15) is 25.1 Å². The minimum atomic E-state index is -1.29. The van der Waals surface area contributed by atoms with Crippen molar-refractivity contribution in [2.45, 2.75) is 26.2 Å². The molecule has 0 saturated heterocycles. The largest absolute Gasteiger partial charge is 0.478 e. The Hall–Kier alpha value is -4.53. The molecule has 0 aliphatic heterocycles. The summed E-state index contributed by atoms with van der Waals surface area (Å²) in [5, 5.41) is 38.7. The summed E-state index contributed by atoms with van der Waals surface area (Å²) in [5.41, 5.74) is 10.1. The number of nitriles is 1. The second kappa shape index (κ2) is 8.19. The number of rotatable bonds is 6. The topological polar surface area (TPSA) is 175 Å². The minimum Gasteiger partial charge on any atom is -0.478 e. The third-order valence-electron chi connectivity index (χ3n) is 4.93. The summed E-state index contributed by atoms with van der Waals surface area (Å²) < 4.78 is 2.81. The van der Waals surface area contributed by atoms with E-state index in [-0.39, 0.29) is 33.6 Å². The van der Waals surface area contributed by atoms with E-state index in [2.05, 4.69) is 15.6 Å². The number of nitrogens with one attached hydrogen (secondary N) is 1. The molecule has 0 amide bonds. The SMILES string of the molecule is CN(Nc1c(C#N)cnn1-c1cc(C(=O)O)cc(C(=O)O)c1)c1c(C(C)(C)C)nn(C)c1N. The molecule has 12 nitrogen and oxygen atoms in total. The lowest BCUT2D eigenvalue weighted by Crippen LogP contribution is -2.30. The van der Waals surface area contributed by atoms with Gasteiger partial charge in [-0.15, -0.1) is 0 Å². The number of hydrogen-bond acceptors (Lipinski definition) is 8. The number of hydrogen-bond donors (Lipinski definition) is 4. The lowest BCUT2D eigenvalue weighted by molar-refractivity contribution is 0.0696. The zero-order chi connectivity index (χ0) is 24.7. The minimum absolute atomic E-state index is 0.152. The van der Waals surface area contributed by atoms with Crippen LogP contribution >= 0.6 is 0 Å². The van der Waals surface area contributed by atoms with E-state index in [1.54, 1.807) is 23.8 Å². The number of benzene rings is 1. The number of nitrogen functional groups attached to an aromatic ring is 1. The quantitative estimate of drug-likeness (QED) is 0.406. The van der Waals surface area contributed by atoms with E-state index in [1.807, 2.05) is 26.8 Å². The molecule has 0 spiro atoms. The Balaban J connectivity index is 2.14. The molecule has 12 heteroatoms. The Morgan fingerprint density at radius 3 is 2.24 bits per heavy atom. The van der Waals surface area contributed by atoms with E-state index >= 15 is 0 Å². The molecule has 5 N–H and O–H groups in total. The van der Waals surface area contributed by atoms with Crippen LogP contribution in [0.3, 0.4) is 0 Å². The molecule has 33 heavy (non-hydrogen) atoms. The maximum absolute atomic E-state index is 11.5. The summed E-state index contributed by atoms with van der Waals surface area (Å²) >= 11 is 0. The number of carboxylic acids is 2. The highest BCUT2D eigenvalue weighted by Crippen LogP contribution is 2.35. The highest BCUT2D eigenvalue weighted by molar-refractivity contribution is 5.95. The normalized spacial score (nSPS) is 11.2. The first kappa shape index (κ1) is 23.1. The monoisotopic (exact) mass is 452 g/mol. The van der Waals surface area contributed by atoms with Crippen LogP contribution in [0.2, 0.25) is 0 Å².